The quantitative estimate of drug-likeness (QED) is 0.140. The predicted octanol–water partition coefficient (Wildman–Crippen LogP) is 11.6. The van der Waals surface area contributed by atoms with Crippen molar-refractivity contribution in [2.75, 3.05) is 0 Å². The maximum atomic E-state index is 4.83. The highest BCUT2D eigenvalue weighted by molar-refractivity contribution is 7.26. The Hall–Kier alpha value is -5.84. The summed E-state index contributed by atoms with van der Waals surface area (Å²) in [6, 6.07) is 48.0. The van der Waals surface area contributed by atoms with Crippen LogP contribution in [-0.2, 0) is 17.4 Å². The average molecular weight is 700 g/mol. The second-order valence-corrected chi connectivity index (χ2v) is 16.9. The molecular weight excluding hydrogens is 663 g/mol. The Morgan fingerprint density at radius 3 is 2.34 bits per heavy atom. The number of nitrogens with zero attached hydrogens (tertiary/aromatic N) is 3. The highest BCUT2D eigenvalue weighted by atomic mass is 32.1. The number of thiophene rings is 1. The maximum Gasteiger partial charge on any atom is 0.218 e. The van der Waals surface area contributed by atoms with E-state index >= 15 is 0 Å². The number of rotatable bonds is 0. The van der Waals surface area contributed by atoms with Gasteiger partial charge in [0.25, 0.3) is 0 Å². The molecule has 0 saturated heterocycles. The lowest BCUT2D eigenvalue weighted by Crippen LogP contribution is -2.68. The van der Waals surface area contributed by atoms with Gasteiger partial charge in [0.1, 0.15) is 0 Å². The zero-order chi connectivity index (χ0) is 35.2. The fourth-order valence-corrected chi connectivity index (χ4v) is 11.7. The number of benzene rings is 5. The zero-order valence-corrected chi connectivity index (χ0v) is 30.7. The lowest BCUT2D eigenvalue weighted by atomic mass is 9.59. The molecule has 2 atom stereocenters. The van der Waals surface area contributed by atoms with E-state index in [0.717, 1.165) is 25.0 Å². The Morgan fingerprint density at radius 2 is 1.42 bits per heavy atom. The molecule has 0 N–H and O–H groups in total. The summed E-state index contributed by atoms with van der Waals surface area (Å²) in [7, 11) is 0. The van der Waals surface area contributed by atoms with Crippen molar-refractivity contribution in [3.63, 3.8) is 0 Å². The van der Waals surface area contributed by atoms with Crippen LogP contribution >= 0.6 is 11.3 Å². The van der Waals surface area contributed by atoms with Gasteiger partial charge in [-0.25, -0.2) is 0 Å². The summed E-state index contributed by atoms with van der Waals surface area (Å²) in [4.78, 5) is 0. The predicted molar refractivity (Wildman–Crippen MR) is 221 cm³/mol. The first-order chi connectivity index (χ1) is 25.9. The van der Waals surface area contributed by atoms with Gasteiger partial charge in [-0.3, -0.25) is 0 Å². The molecule has 10 aromatic rings. The standard InChI is InChI=1S/C49H37N3S/c1-30-29-49(3)48(2,24-23-31-13-4-5-14-32(31)39-18-8-10-25-50(30)39)38-28-42-36(27-37(38)40-19-9-11-26-51(40)49)33-16-12-17-35-45-41(52(42)47(33)35)21-22-44-46(45)34-15-6-7-20-43(34)53-44/h4-22,25-28H,1,23-24,29H2,2-3H3/q+2. The third-order valence-corrected chi connectivity index (χ3v) is 14.5. The van der Waals surface area contributed by atoms with Gasteiger partial charge in [0.05, 0.1) is 33.9 Å². The summed E-state index contributed by atoms with van der Waals surface area (Å²) in [5.74, 6) is 0. The van der Waals surface area contributed by atoms with Crippen LogP contribution in [0, 0.1) is 0 Å². The molecule has 53 heavy (non-hydrogen) atoms. The summed E-state index contributed by atoms with van der Waals surface area (Å²) in [6.45, 7) is 9.86. The molecular formula is C49H37N3S+2. The van der Waals surface area contributed by atoms with Gasteiger partial charge in [-0.15, -0.1) is 11.3 Å². The van der Waals surface area contributed by atoms with Crippen LogP contribution in [0.4, 0.5) is 0 Å². The Kier molecular flexibility index (Phi) is 5.71. The Balaban J connectivity index is 1.19. The van der Waals surface area contributed by atoms with E-state index in [1.54, 1.807) is 0 Å². The van der Waals surface area contributed by atoms with Crippen molar-refractivity contribution in [2.45, 2.75) is 44.1 Å². The summed E-state index contributed by atoms with van der Waals surface area (Å²) >= 11 is 1.90. The molecule has 5 aromatic carbocycles. The van der Waals surface area contributed by atoms with E-state index in [1.807, 2.05) is 11.3 Å². The molecule has 4 heteroatoms. The highest BCUT2D eigenvalue weighted by Gasteiger charge is 2.59. The number of allylic oxidation sites excluding steroid dienone is 1. The van der Waals surface area contributed by atoms with Gasteiger partial charge < -0.3 is 4.40 Å². The fourth-order valence-electron chi connectivity index (χ4n) is 10.6. The largest absolute Gasteiger partial charge is 0.308 e. The van der Waals surface area contributed by atoms with E-state index in [9.17, 15) is 0 Å². The molecule has 0 radical (unpaired) electrons. The molecule has 2 aliphatic rings. The highest BCUT2D eigenvalue weighted by Crippen LogP contribution is 2.54. The van der Waals surface area contributed by atoms with E-state index in [0.29, 0.717) is 0 Å². The monoisotopic (exact) mass is 699 g/mol. The number of fused-ring (bicyclic) bond motifs is 19. The number of aryl methyl sites for hydroxylation is 1. The Labute approximate surface area is 311 Å². The van der Waals surface area contributed by atoms with E-state index in [4.69, 9.17) is 6.58 Å². The van der Waals surface area contributed by atoms with Gasteiger partial charge in [-0.05, 0) is 86.0 Å². The molecule has 7 heterocycles. The molecule has 2 aliphatic heterocycles. The molecule has 12 rings (SSSR count). The number of hydrogen-bond donors (Lipinski definition) is 0. The molecule has 0 fully saturated rings. The van der Waals surface area contributed by atoms with E-state index in [2.05, 4.69) is 167 Å². The van der Waals surface area contributed by atoms with Crippen LogP contribution in [0.1, 0.15) is 37.8 Å². The van der Waals surface area contributed by atoms with Gasteiger partial charge in [-0.1, -0.05) is 54.6 Å². The van der Waals surface area contributed by atoms with Crippen molar-refractivity contribution in [1.29, 1.82) is 0 Å². The summed E-state index contributed by atoms with van der Waals surface area (Å²) in [5, 5.41) is 8.10. The lowest BCUT2D eigenvalue weighted by Gasteiger charge is -2.47. The maximum absolute atomic E-state index is 4.83. The zero-order valence-electron chi connectivity index (χ0n) is 29.9. The summed E-state index contributed by atoms with van der Waals surface area (Å²) in [6.07, 6.45) is 7.31. The van der Waals surface area contributed by atoms with Crippen molar-refractivity contribution in [3.05, 3.63) is 157 Å². The van der Waals surface area contributed by atoms with Gasteiger partial charge in [0.2, 0.25) is 11.4 Å². The minimum absolute atomic E-state index is 0.229. The van der Waals surface area contributed by atoms with Crippen molar-refractivity contribution >= 4 is 75.3 Å². The summed E-state index contributed by atoms with van der Waals surface area (Å²) < 4.78 is 10.2. The van der Waals surface area contributed by atoms with Gasteiger partial charge in [0, 0.05) is 78.5 Å². The van der Waals surface area contributed by atoms with Gasteiger partial charge >= 0.3 is 0 Å². The molecule has 252 valence electrons. The minimum atomic E-state index is -0.296. The second kappa shape index (κ2) is 10.2. The number of pyridine rings is 2. The van der Waals surface area contributed by atoms with Crippen LogP contribution in [0.15, 0.2) is 146 Å². The van der Waals surface area contributed by atoms with Gasteiger partial charge in [-0.2, -0.15) is 9.13 Å². The fraction of sp³-hybridized carbons (Fsp3) is 0.143. The molecule has 0 aliphatic carbocycles. The van der Waals surface area contributed by atoms with E-state index in [-0.39, 0.29) is 11.0 Å². The van der Waals surface area contributed by atoms with Crippen molar-refractivity contribution in [1.82, 2.24) is 4.40 Å². The van der Waals surface area contributed by atoms with E-state index in [1.165, 1.54) is 91.9 Å². The third kappa shape index (κ3) is 3.64. The smallest absolute Gasteiger partial charge is 0.218 e. The Morgan fingerprint density at radius 1 is 0.642 bits per heavy atom. The molecule has 2 unspecified atom stereocenters. The lowest BCUT2D eigenvalue weighted by molar-refractivity contribution is -0.766. The number of para-hydroxylation sites is 1. The number of aromatic nitrogens is 3. The molecule has 0 saturated carbocycles. The average Bonchev–Trinajstić information content (AvgIpc) is 3.85. The summed E-state index contributed by atoms with van der Waals surface area (Å²) in [5.41, 5.74) is 12.4. The SMILES string of the molecule is C=C1CC2(C)[n+]3ccccc3-c3cc4c5cccc6c7c8c(ccc7n(c4cc3C2(C)CCc2ccccc2-c2cccc[n+]21)c56)sc1ccccc18. The van der Waals surface area contributed by atoms with Crippen LogP contribution in [-0.4, -0.2) is 4.40 Å². The van der Waals surface area contributed by atoms with Crippen LogP contribution < -0.4 is 9.13 Å². The van der Waals surface area contributed by atoms with Gasteiger partial charge in [0.15, 0.2) is 23.6 Å². The molecule has 5 aromatic heterocycles. The molecule has 0 amide bonds. The third-order valence-electron chi connectivity index (χ3n) is 13.3. The molecule has 0 spiro atoms. The van der Waals surface area contributed by atoms with Crippen molar-refractivity contribution < 1.29 is 9.13 Å². The minimum Gasteiger partial charge on any atom is -0.308 e. The molecule has 3 nitrogen and oxygen atoms in total. The first kappa shape index (κ1) is 29.7. The van der Waals surface area contributed by atoms with Crippen LogP contribution in [0.3, 0.4) is 0 Å². The number of hydrogen-bond acceptors (Lipinski definition) is 1. The first-order valence-electron chi connectivity index (χ1n) is 18.8. The van der Waals surface area contributed by atoms with Crippen molar-refractivity contribution in [3.8, 4) is 22.5 Å². The Bertz CT molecular complexity index is 3220. The molecule has 0 bridgehead atoms. The van der Waals surface area contributed by atoms with Crippen molar-refractivity contribution in [2.24, 2.45) is 0 Å². The first-order valence-corrected chi connectivity index (χ1v) is 19.6. The van der Waals surface area contributed by atoms with E-state index < -0.39 is 0 Å². The topological polar surface area (TPSA) is 12.2 Å². The van der Waals surface area contributed by atoms with Crippen LogP contribution in [0.2, 0.25) is 0 Å². The van der Waals surface area contributed by atoms with Crippen LogP contribution in [0.25, 0.3) is 86.5 Å². The van der Waals surface area contributed by atoms with Crippen LogP contribution in [0.5, 0.6) is 0 Å². The second-order valence-electron chi connectivity index (χ2n) is 15.8. The normalized spacial score (nSPS) is 19.8.